The normalized spacial score (nSPS) is 17.3. The number of esters is 1. The Labute approximate surface area is 109 Å². The molecular formula is C14H12N2O3. The number of fused-ring (bicyclic) bond motifs is 1. The summed E-state index contributed by atoms with van der Waals surface area (Å²) in [7, 11) is 1.30. The summed E-state index contributed by atoms with van der Waals surface area (Å²) in [5.74, 6) is -1.35. The van der Waals surface area contributed by atoms with Gasteiger partial charge in [0, 0.05) is 30.7 Å². The number of rotatable bonds is 2. The average molecular weight is 256 g/mol. The lowest BCUT2D eigenvalue weighted by molar-refractivity contribution is -0.143. The van der Waals surface area contributed by atoms with Crippen LogP contribution in [0.5, 0.6) is 0 Å². The third-order valence-electron chi connectivity index (χ3n) is 3.34. The second-order valence-electron chi connectivity index (χ2n) is 4.44. The molecule has 0 fully saturated rings. The van der Waals surface area contributed by atoms with Gasteiger partial charge in [-0.1, -0.05) is 0 Å². The largest absolute Gasteiger partial charge is 0.468 e. The number of pyridine rings is 1. The van der Waals surface area contributed by atoms with E-state index in [4.69, 9.17) is 0 Å². The Balaban J connectivity index is 1.94. The van der Waals surface area contributed by atoms with E-state index in [1.54, 1.807) is 23.0 Å². The third kappa shape index (κ3) is 1.83. The molecule has 0 saturated carbocycles. The molecule has 5 heteroatoms. The van der Waals surface area contributed by atoms with Crippen molar-refractivity contribution in [1.29, 1.82) is 0 Å². The Hall–Kier alpha value is -2.43. The average Bonchev–Trinajstić information content (AvgIpc) is 2.99. The first kappa shape index (κ1) is 11.6. The van der Waals surface area contributed by atoms with Crippen molar-refractivity contribution in [3.8, 4) is 11.1 Å². The topological polar surface area (TPSA) is 61.2 Å². The van der Waals surface area contributed by atoms with Crippen molar-refractivity contribution < 1.29 is 14.3 Å². The summed E-state index contributed by atoms with van der Waals surface area (Å²) in [6, 6.07) is 5.57. The van der Waals surface area contributed by atoms with Crippen LogP contribution < -0.4 is 0 Å². The van der Waals surface area contributed by atoms with Crippen LogP contribution in [0.2, 0.25) is 0 Å². The number of carbonyl (C=O) groups excluding carboxylic acids is 2. The van der Waals surface area contributed by atoms with Crippen LogP contribution in [0.3, 0.4) is 0 Å². The molecule has 0 saturated heterocycles. The van der Waals surface area contributed by atoms with Gasteiger partial charge in [0.05, 0.1) is 12.8 Å². The minimum atomic E-state index is -0.702. The van der Waals surface area contributed by atoms with E-state index < -0.39 is 11.9 Å². The molecule has 0 amide bonds. The second kappa shape index (κ2) is 4.35. The summed E-state index contributed by atoms with van der Waals surface area (Å²) in [5, 5.41) is 0. The van der Waals surface area contributed by atoms with Crippen molar-refractivity contribution in [2.45, 2.75) is 6.54 Å². The summed E-state index contributed by atoms with van der Waals surface area (Å²) in [4.78, 5) is 27.5. The predicted molar refractivity (Wildman–Crippen MR) is 67.5 cm³/mol. The van der Waals surface area contributed by atoms with Gasteiger partial charge in [0.15, 0.2) is 5.78 Å². The van der Waals surface area contributed by atoms with Crippen molar-refractivity contribution >= 4 is 11.8 Å². The van der Waals surface area contributed by atoms with Crippen molar-refractivity contribution in [1.82, 2.24) is 9.55 Å². The highest BCUT2D eigenvalue weighted by atomic mass is 16.5. The van der Waals surface area contributed by atoms with Gasteiger partial charge in [0.2, 0.25) is 0 Å². The molecule has 0 N–H and O–H groups in total. The number of ketones is 1. The summed E-state index contributed by atoms with van der Waals surface area (Å²) in [6.45, 7) is 0.353. The number of aromatic nitrogens is 2. The number of Topliss-reactive ketones (excluding diaryl/α,β-unsaturated/α-hetero) is 1. The van der Waals surface area contributed by atoms with Crippen LogP contribution in [0.15, 0.2) is 36.8 Å². The highest BCUT2D eigenvalue weighted by Gasteiger charge is 2.37. The molecule has 1 unspecified atom stereocenters. The van der Waals surface area contributed by atoms with Crippen LogP contribution in [0.4, 0.5) is 0 Å². The number of carbonyl (C=O) groups is 2. The lowest BCUT2D eigenvalue weighted by atomic mass is 10.0. The molecule has 96 valence electrons. The van der Waals surface area contributed by atoms with Gasteiger partial charge >= 0.3 is 5.97 Å². The molecule has 0 bridgehead atoms. The smallest absolute Gasteiger partial charge is 0.318 e. The number of hydrogen-bond donors (Lipinski definition) is 0. The molecule has 19 heavy (non-hydrogen) atoms. The molecule has 1 aliphatic rings. The Morgan fingerprint density at radius 1 is 1.37 bits per heavy atom. The SMILES string of the molecule is COC(=O)C1Cn2cc(-c3ccncc3)cc2C1=O. The van der Waals surface area contributed by atoms with Gasteiger partial charge in [-0.05, 0) is 23.8 Å². The van der Waals surface area contributed by atoms with Crippen molar-refractivity contribution in [3.05, 3.63) is 42.5 Å². The molecule has 0 spiro atoms. The van der Waals surface area contributed by atoms with Gasteiger partial charge in [0.25, 0.3) is 0 Å². The van der Waals surface area contributed by atoms with E-state index in [2.05, 4.69) is 9.72 Å². The molecule has 1 atom stereocenters. The first-order valence-electron chi connectivity index (χ1n) is 5.93. The number of ether oxygens (including phenoxy) is 1. The zero-order valence-electron chi connectivity index (χ0n) is 10.4. The Morgan fingerprint density at radius 2 is 2.11 bits per heavy atom. The summed E-state index contributed by atoms with van der Waals surface area (Å²) in [5.41, 5.74) is 2.51. The Kier molecular flexibility index (Phi) is 2.67. The van der Waals surface area contributed by atoms with E-state index >= 15 is 0 Å². The molecule has 2 aromatic rings. The maximum atomic E-state index is 12.1. The first-order chi connectivity index (χ1) is 9.20. The van der Waals surface area contributed by atoms with Crippen molar-refractivity contribution in [2.24, 2.45) is 5.92 Å². The van der Waals surface area contributed by atoms with Crippen LogP contribution in [-0.4, -0.2) is 28.4 Å². The van der Waals surface area contributed by atoms with E-state index in [1.165, 1.54) is 7.11 Å². The fraction of sp³-hybridized carbons (Fsp3) is 0.214. The fourth-order valence-corrected chi connectivity index (χ4v) is 2.35. The van der Waals surface area contributed by atoms with E-state index in [-0.39, 0.29) is 5.78 Å². The number of nitrogens with zero attached hydrogens (tertiary/aromatic N) is 2. The van der Waals surface area contributed by atoms with Gasteiger partial charge in [-0.15, -0.1) is 0 Å². The monoisotopic (exact) mass is 256 g/mol. The maximum absolute atomic E-state index is 12.1. The zero-order valence-corrected chi connectivity index (χ0v) is 10.4. The highest BCUT2D eigenvalue weighted by Crippen LogP contribution is 2.29. The number of methoxy groups -OCH3 is 1. The third-order valence-corrected chi connectivity index (χ3v) is 3.34. The predicted octanol–water partition coefficient (Wildman–Crippen LogP) is 1.54. The van der Waals surface area contributed by atoms with Gasteiger partial charge in [-0.25, -0.2) is 0 Å². The molecule has 2 aromatic heterocycles. The van der Waals surface area contributed by atoms with E-state index in [9.17, 15) is 9.59 Å². The fourth-order valence-electron chi connectivity index (χ4n) is 2.35. The first-order valence-corrected chi connectivity index (χ1v) is 5.93. The van der Waals surface area contributed by atoms with Crippen LogP contribution >= 0.6 is 0 Å². The number of hydrogen-bond acceptors (Lipinski definition) is 4. The van der Waals surface area contributed by atoms with Crippen molar-refractivity contribution in [2.75, 3.05) is 7.11 Å². The Bertz CT molecular complexity index is 646. The molecule has 0 aromatic carbocycles. The minimum Gasteiger partial charge on any atom is -0.468 e. The van der Waals surface area contributed by atoms with E-state index in [1.807, 2.05) is 18.3 Å². The second-order valence-corrected chi connectivity index (χ2v) is 4.44. The summed E-state index contributed by atoms with van der Waals surface area (Å²) >= 11 is 0. The summed E-state index contributed by atoms with van der Waals surface area (Å²) < 4.78 is 6.44. The van der Waals surface area contributed by atoms with Gasteiger partial charge in [-0.2, -0.15) is 0 Å². The van der Waals surface area contributed by atoms with Crippen LogP contribution in [-0.2, 0) is 16.1 Å². The lowest BCUT2D eigenvalue weighted by Gasteiger charge is -2.04. The molecular weight excluding hydrogens is 244 g/mol. The molecule has 3 rings (SSSR count). The maximum Gasteiger partial charge on any atom is 0.318 e. The molecule has 3 heterocycles. The quantitative estimate of drug-likeness (QED) is 0.604. The van der Waals surface area contributed by atoms with Gasteiger partial charge < -0.3 is 9.30 Å². The van der Waals surface area contributed by atoms with Gasteiger partial charge in [0.1, 0.15) is 5.92 Å². The van der Waals surface area contributed by atoms with Crippen LogP contribution in [0, 0.1) is 5.92 Å². The zero-order chi connectivity index (χ0) is 13.4. The molecule has 0 radical (unpaired) electrons. The van der Waals surface area contributed by atoms with Crippen LogP contribution in [0.25, 0.3) is 11.1 Å². The van der Waals surface area contributed by atoms with Crippen LogP contribution in [0.1, 0.15) is 10.5 Å². The van der Waals surface area contributed by atoms with E-state index in [0.717, 1.165) is 11.1 Å². The summed E-state index contributed by atoms with van der Waals surface area (Å²) in [6.07, 6.45) is 5.29. The highest BCUT2D eigenvalue weighted by molar-refractivity contribution is 6.10. The molecule has 1 aliphatic heterocycles. The standard InChI is InChI=1S/C14H12N2O3/c1-19-14(18)11-8-16-7-10(6-12(16)13(11)17)9-2-4-15-5-3-9/h2-7,11H,8H2,1H3. The molecule has 0 aliphatic carbocycles. The molecule has 5 nitrogen and oxygen atoms in total. The lowest BCUT2D eigenvalue weighted by Crippen LogP contribution is -2.22. The minimum absolute atomic E-state index is 0.174. The van der Waals surface area contributed by atoms with E-state index in [0.29, 0.717) is 12.2 Å². The van der Waals surface area contributed by atoms with Gasteiger partial charge in [-0.3, -0.25) is 14.6 Å². The Morgan fingerprint density at radius 3 is 2.74 bits per heavy atom. The van der Waals surface area contributed by atoms with Crippen molar-refractivity contribution in [3.63, 3.8) is 0 Å².